The summed E-state index contributed by atoms with van der Waals surface area (Å²) in [5.74, 6) is 1.69. The van der Waals surface area contributed by atoms with Crippen LogP contribution in [0.1, 0.15) is 34.1 Å². The summed E-state index contributed by atoms with van der Waals surface area (Å²) in [5, 5.41) is 4.91. The van der Waals surface area contributed by atoms with E-state index >= 15 is 0 Å². The largest absolute Gasteiger partial charge is 0.441 e. The van der Waals surface area contributed by atoms with E-state index < -0.39 is 0 Å². The molecule has 0 saturated carbocycles. The highest BCUT2D eigenvalue weighted by molar-refractivity contribution is 6.30. The summed E-state index contributed by atoms with van der Waals surface area (Å²) in [7, 11) is 2.12. The molecule has 0 radical (unpaired) electrons. The number of ether oxygens (including phenoxy) is 1. The molecule has 39 heavy (non-hydrogen) atoms. The number of hydrogen-bond acceptors (Lipinski definition) is 6. The fraction of sp³-hybridized carbons (Fsp3) is 0.188. The lowest BCUT2D eigenvalue weighted by atomic mass is 9.78. The fourth-order valence-corrected chi connectivity index (χ4v) is 5.53. The fourth-order valence-electron chi connectivity index (χ4n) is 5.40. The van der Waals surface area contributed by atoms with Gasteiger partial charge < -0.3 is 15.0 Å². The summed E-state index contributed by atoms with van der Waals surface area (Å²) in [4.78, 5) is 7.05. The van der Waals surface area contributed by atoms with Crippen LogP contribution < -0.4 is 5.73 Å². The predicted molar refractivity (Wildman–Crippen MR) is 155 cm³/mol. The van der Waals surface area contributed by atoms with Gasteiger partial charge in [-0.1, -0.05) is 65.3 Å². The van der Waals surface area contributed by atoms with Gasteiger partial charge in [-0.2, -0.15) is 4.98 Å². The van der Waals surface area contributed by atoms with E-state index in [2.05, 4.69) is 79.5 Å². The molecule has 0 fully saturated rings. The first kappa shape index (κ1) is 25.2. The van der Waals surface area contributed by atoms with Crippen LogP contribution in [0.15, 0.2) is 100 Å². The number of aromatic nitrogens is 2. The second-order valence-electron chi connectivity index (χ2n) is 10.2. The number of nitrogens with two attached hydrogens (primary N) is 1. The molecule has 3 aromatic carbocycles. The summed E-state index contributed by atoms with van der Waals surface area (Å²) >= 11 is 6.08. The molecular weight excluding hydrogens is 508 g/mol. The Morgan fingerprint density at radius 2 is 1.67 bits per heavy atom. The van der Waals surface area contributed by atoms with Crippen LogP contribution in [0.2, 0.25) is 5.02 Å². The average Bonchev–Trinajstić information content (AvgIpc) is 3.40. The van der Waals surface area contributed by atoms with Crippen molar-refractivity contribution in [3.05, 3.63) is 129 Å². The van der Waals surface area contributed by atoms with Gasteiger partial charge in [0, 0.05) is 35.2 Å². The SMILES string of the molecule is Cc1ccccc1/C=C1\CN(C)CC2=C1OC(N)=C(c1nc(-c3ccc(Cl)cc3)no1)C2c1ccccc1C. The number of halogens is 1. The molecule has 2 aliphatic rings. The number of allylic oxidation sites excluding steroid dienone is 1. The molecule has 2 aliphatic heterocycles. The van der Waals surface area contributed by atoms with Gasteiger partial charge in [0.15, 0.2) is 0 Å². The lowest BCUT2D eigenvalue weighted by Gasteiger charge is -2.38. The van der Waals surface area contributed by atoms with Crippen molar-refractivity contribution in [3.8, 4) is 11.4 Å². The molecule has 1 atom stereocenters. The average molecular weight is 537 g/mol. The van der Waals surface area contributed by atoms with Crippen LogP contribution in [-0.2, 0) is 4.74 Å². The normalized spacial score (nSPS) is 18.9. The van der Waals surface area contributed by atoms with E-state index in [-0.39, 0.29) is 11.8 Å². The van der Waals surface area contributed by atoms with Crippen LogP contribution in [0.4, 0.5) is 0 Å². The lowest BCUT2D eigenvalue weighted by molar-refractivity contribution is 0.256. The van der Waals surface area contributed by atoms with Crippen LogP contribution >= 0.6 is 11.6 Å². The zero-order valence-corrected chi connectivity index (χ0v) is 22.9. The van der Waals surface area contributed by atoms with E-state index in [9.17, 15) is 0 Å². The van der Waals surface area contributed by atoms with Crippen molar-refractivity contribution in [2.45, 2.75) is 19.8 Å². The van der Waals surface area contributed by atoms with Crippen LogP contribution in [-0.4, -0.2) is 35.2 Å². The molecule has 0 amide bonds. The first-order chi connectivity index (χ1) is 18.9. The standard InChI is InChI=1S/C32H29ClN4O2/c1-19-8-4-6-10-22(19)16-23-17-37(3)18-26-27(25-11-7-5-9-20(25)2)28(30(34)38-29(23)26)32-35-31(36-39-32)21-12-14-24(33)15-13-21/h4-16,27H,17-18,34H2,1-3H3/b23-16+. The highest BCUT2D eigenvalue weighted by atomic mass is 35.5. The van der Waals surface area contributed by atoms with Crippen molar-refractivity contribution >= 4 is 23.3 Å². The van der Waals surface area contributed by atoms with Gasteiger partial charge in [0.25, 0.3) is 5.89 Å². The molecule has 1 aromatic heterocycles. The molecule has 3 heterocycles. The van der Waals surface area contributed by atoms with E-state index in [1.165, 1.54) is 5.56 Å². The van der Waals surface area contributed by atoms with E-state index in [0.29, 0.717) is 28.9 Å². The Labute approximate surface area is 233 Å². The molecule has 7 heteroatoms. The Balaban J connectivity index is 1.51. The summed E-state index contributed by atoms with van der Waals surface area (Å²) in [6.45, 7) is 5.70. The molecule has 1 unspecified atom stereocenters. The molecule has 0 bridgehead atoms. The maximum atomic E-state index is 6.72. The van der Waals surface area contributed by atoms with E-state index in [0.717, 1.165) is 45.7 Å². The lowest BCUT2D eigenvalue weighted by Crippen LogP contribution is -2.36. The summed E-state index contributed by atoms with van der Waals surface area (Å²) in [5.41, 5.74) is 15.0. The van der Waals surface area contributed by atoms with E-state index in [1.807, 2.05) is 18.2 Å². The first-order valence-corrected chi connectivity index (χ1v) is 13.3. The number of likely N-dealkylation sites (N-methyl/N-ethyl adjacent to an activating group) is 1. The number of benzene rings is 3. The van der Waals surface area contributed by atoms with E-state index in [4.69, 9.17) is 31.6 Å². The van der Waals surface area contributed by atoms with Gasteiger partial charge in [-0.3, -0.25) is 4.90 Å². The minimum absolute atomic E-state index is 0.212. The molecule has 6 rings (SSSR count). The van der Waals surface area contributed by atoms with Crippen molar-refractivity contribution in [3.63, 3.8) is 0 Å². The van der Waals surface area contributed by atoms with Crippen molar-refractivity contribution in [1.82, 2.24) is 15.0 Å². The van der Waals surface area contributed by atoms with Crippen LogP contribution in [0, 0.1) is 13.8 Å². The number of hydrogen-bond donors (Lipinski definition) is 1. The third kappa shape index (κ3) is 4.78. The van der Waals surface area contributed by atoms with Crippen LogP contribution in [0.3, 0.4) is 0 Å². The van der Waals surface area contributed by atoms with Crippen molar-refractivity contribution < 1.29 is 9.26 Å². The number of nitrogens with zero attached hydrogens (tertiary/aromatic N) is 3. The molecule has 4 aromatic rings. The van der Waals surface area contributed by atoms with Gasteiger partial charge in [0.05, 0.1) is 5.57 Å². The number of aryl methyl sites for hydroxylation is 2. The predicted octanol–water partition coefficient (Wildman–Crippen LogP) is 6.73. The molecule has 196 valence electrons. The second-order valence-corrected chi connectivity index (χ2v) is 10.6. The monoisotopic (exact) mass is 536 g/mol. The third-order valence-corrected chi connectivity index (χ3v) is 7.61. The molecule has 6 nitrogen and oxygen atoms in total. The minimum atomic E-state index is -0.212. The van der Waals surface area contributed by atoms with E-state index in [1.54, 1.807) is 12.1 Å². The Kier molecular flexibility index (Phi) is 6.59. The van der Waals surface area contributed by atoms with Gasteiger partial charge in [-0.25, -0.2) is 0 Å². The van der Waals surface area contributed by atoms with Gasteiger partial charge in [0.2, 0.25) is 11.7 Å². The van der Waals surface area contributed by atoms with Crippen molar-refractivity contribution in [1.29, 1.82) is 0 Å². The maximum Gasteiger partial charge on any atom is 0.260 e. The topological polar surface area (TPSA) is 77.4 Å². The maximum absolute atomic E-state index is 6.72. The van der Waals surface area contributed by atoms with Gasteiger partial charge in [-0.15, -0.1) is 0 Å². The Bertz CT molecular complexity index is 1650. The summed E-state index contributed by atoms with van der Waals surface area (Å²) in [6.07, 6.45) is 2.21. The Morgan fingerprint density at radius 1 is 0.949 bits per heavy atom. The Hall–Kier alpha value is -4.13. The zero-order valence-electron chi connectivity index (χ0n) is 22.1. The number of rotatable bonds is 4. The first-order valence-electron chi connectivity index (χ1n) is 12.9. The van der Waals surface area contributed by atoms with Gasteiger partial charge >= 0.3 is 0 Å². The minimum Gasteiger partial charge on any atom is -0.441 e. The van der Waals surface area contributed by atoms with Gasteiger partial charge in [-0.05, 0) is 79.1 Å². The highest BCUT2D eigenvalue weighted by Crippen LogP contribution is 2.48. The van der Waals surface area contributed by atoms with Gasteiger partial charge in [0.1, 0.15) is 5.76 Å². The third-order valence-electron chi connectivity index (χ3n) is 7.35. The second kappa shape index (κ2) is 10.2. The van der Waals surface area contributed by atoms with Crippen LogP contribution in [0.25, 0.3) is 23.0 Å². The Morgan fingerprint density at radius 3 is 2.41 bits per heavy atom. The summed E-state index contributed by atoms with van der Waals surface area (Å²) < 4.78 is 12.3. The highest BCUT2D eigenvalue weighted by Gasteiger charge is 2.40. The smallest absolute Gasteiger partial charge is 0.260 e. The molecule has 0 spiro atoms. The molecule has 0 aliphatic carbocycles. The van der Waals surface area contributed by atoms with Crippen molar-refractivity contribution in [2.75, 3.05) is 20.1 Å². The van der Waals surface area contributed by atoms with Crippen LogP contribution in [0.5, 0.6) is 0 Å². The summed E-state index contributed by atoms with van der Waals surface area (Å²) in [6, 6.07) is 24.0. The molecule has 0 saturated heterocycles. The van der Waals surface area contributed by atoms with Crippen molar-refractivity contribution in [2.24, 2.45) is 5.73 Å². The molecular formula is C32H29ClN4O2. The zero-order chi connectivity index (χ0) is 27.1. The molecule has 2 N–H and O–H groups in total. The quantitative estimate of drug-likeness (QED) is 0.311.